The first-order chi connectivity index (χ1) is 18.3. The molecule has 0 saturated carbocycles. The van der Waals surface area contributed by atoms with Crippen LogP contribution in [0.15, 0.2) is 23.0 Å². The van der Waals surface area contributed by atoms with Crippen LogP contribution in [0.1, 0.15) is 51.5 Å². The van der Waals surface area contributed by atoms with Gasteiger partial charge in [-0.15, -0.1) is 11.3 Å². The lowest BCUT2D eigenvalue weighted by Gasteiger charge is -2.30. The van der Waals surface area contributed by atoms with E-state index in [1.807, 2.05) is 4.90 Å². The Bertz CT molecular complexity index is 1370. The zero-order valence-corrected chi connectivity index (χ0v) is 22.7. The van der Waals surface area contributed by atoms with E-state index < -0.39 is 16.5 Å². The highest BCUT2D eigenvalue weighted by Crippen LogP contribution is 2.31. The monoisotopic (exact) mass is 542 g/mol. The van der Waals surface area contributed by atoms with Gasteiger partial charge in [-0.05, 0) is 62.7 Å². The van der Waals surface area contributed by atoms with Crippen molar-refractivity contribution in [3.8, 4) is 0 Å². The topological polar surface area (TPSA) is 115 Å². The number of anilines is 1. The summed E-state index contributed by atoms with van der Waals surface area (Å²) in [6.07, 6.45) is 7.73. The molecule has 0 bridgehead atoms. The molecule has 2 aliphatic rings. The van der Waals surface area contributed by atoms with Crippen LogP contribution in [0.4, 0.5) is 11.4 Å². The summed E-state index contributed by atoms with van der Waals surface area (Å²) in [5, 5.41) is 11.9. The Labute approximate surface area is 225 Å². The highest BCUT2D eigenvalue weighted by molar-refractivity contribution is 7.07. The van der Waals surface area contributed by atoms with Gasteiger partial charge in [0.15, 0.2) is 0 Å². The Balaban J connectivity index is 1.71. The van der Waals surface area contributed by atoms with Gasteiger partial charge in [-0.3, -0.25) is 24.3 Å². The van der Waals surface area contributed by atoms with E-state index in [1.165, 1.54) is 16.7 Å². The minimum atomic E-state index is -0.602. The maximum Gasteiger partial charge on any atom is 0.333 e. The lowest BCUT2D eigenvalue weighted by atomic mass is 9.99. The normalized spacial score (nSPS) is 17.6. The number of nitrogens with zero attached hydrogens (tertiary/aromatic N) is 4. The molecule has 3 heterocycles. The molecule has 0 N–H and O–H groups in total. The van der Waals surface area contributed by atoms with E-state index in [-0.39, 0.29) is 29.3 Å². The number of nitro groups is 1. The Kier molecular flexibility index (Phi) is 8.98. The van der Waals surface area contributed by atoms with Gasteiger partial charge in [0.25, 0.3) is 11.2 Å². The summed E-state index contributed by atoms with van der Waals surface area (Å²) in [6, 6.07) is 4.96. The second-order valence-corrected chi connectivity index (χ2v) is 10.9. The van der Waals surface area contributed by atoms with Crippen molar-refractivity contribution in [2.45, 2.75) is 52.5 Å². The number of likely N-dealkylation sites (tertiary alicyclic amines) is 1. The third-order valence-corrected chi connectivity index (χ3v) is 8.14. The van der Waals surface area contributed by atoms with E-state index in [0.717, 1.165) is 56.5 Å². The van der Waals surface area contributed by atoms with Gasteiger partial charge in [0.05, 0.1) is 22.1 Å². The summed E-state index contributed by atoms with van der Waals surface area (Å²) in [6.45, 7) is 6.67. The fraction of sp³-hybridized carbons (Fsp3) is 0.519. The fourth-order valence-electron chi connectivity index (χ4n) is 4.90. The lowest BCUT2D eigenvalue weighted by Crippen LogP contribution is -2.43. The highest BCUT2D eigenvalue weighted by Gasteiger charge is 2.23. The van der Waals surface area contributed by atoms with E-state index in [2.05, 4.69) is 6.92 Å². The number of nitro benzene ring substituents is 1. The minimum absolute atomic E-state index is 0.00894. The van der Waals surface area contributed by atoms with Crippen molar-refractivity contribution in [3.05, 3.63) is 53.4 Å². The van der Waals surface area contributed by atoms with Crippen molar-refractivity contribution in [1.82, 2.24) is 9.47 Å². The molecule has 38 heavy (non-hydrogen) atoms. The standard InChI is InChI=1S/C27H34N4O6S/c1-3-37-26(33)17-25-30(18-24(32)29-13-9-19(2)10-14-29)27(34)23(38-25)16-20-7-8-21(22(15-20)31(35)36)28-11-5-4-6-12-28/h7-8,15-17,19H,3-6,9-14,18H2,1-2H3/b23-16-,25-17-. The van der Waals surface area contributed by atoms with Crippen LogP contribution in [0, 0.1) is 16.0 Å². The zero-order valence-electron chi connectivity index (χ0n) is 21.9. The number of aromatic nitrogens is 1. The Hall–Kier alpha value is -3.47. The molecule has 11 heteroatoms. The second kappa shape index (κ2) is 12.4. The van der Waals surface area contributed by atoms with Gasteiger partial charge in [0.1, 0.15) is 16.9 Å². The number of hydrogen-bond acceptors (Lipinski definition) is 8. The number of amides is 1. The van der Waals surface area contributed by atoms with Crippen molar-refractivity contribution in [1.29, 1.82) is 0 Å². The summed E-state index contributed by atoms with van der Waals surface area (Å²) >= 11 is 1.06. The van der Waals surface area contributed by atoms with Crippen molar-refractivity contribution in [2.75, 3.05) is 37.7 Å². The largest absolute Gasteiger partial charge is 0.463 e. The van der Waals surface area contributed by atoms with Crippen LogP contribution in [0.5, 0.6) is 0 Å². The molecule has 0 radical (unpaired) electrons. The molecular weight excluding hydrogens is 508 g/mol. The van der Waals surface area contributed by atoms with Crippen LogP contribution in [-0.2, 0) is 20.9 Å². The maximum atomic E-state index is 13.4. The van der Waals surface area contributed by atoms with E-state index in [0.29, 0.717) is 34.9 Å². The molecule has 0 aliphatic carbocycles. The van der Waals surface area contributed by atoms with Crippen molar-refractivity contribution < 1.29 is 19.2 Å². The van der Waals surface area contributed by atoms with Crippen LogP contribution in [0.2, 0.25) is 0 Å². The molecule has 2 aliphatic heterocycles. The third-order valence-electron chi connectivity index (χ3n) is 7.08. The molecule has 1 amide bonds. The number of piperidine rings is 2. The predicted octanol–water partition coefficient (Wildman–Crippen LogP) is 2.24. The van der Waals surface area contributed by atoms with Crippen molar-refractivity contribution in [2.24, 2.45) is 5.92 Å². The molecule has 2 fully saturated rings. The number of carbonyl (C=O) groups excluding carboxylic acids is 2. The molecule has 4 rings (SSSR count). The SMILES string of the molecule is CCOC(=O)/C=c1\s/c(=C\c2ccc(N3CCCCC3)c([N+](=O)[O-])c2)c(=O)n1CC(=O)N1CCC(C)CC1. The summed E-state index contributed by atoms with van der Waals surface area (Å²) in [5.74, 6) is -0.222. The number of carbonyl (C=O) groups is 2. The van der Waals surface area contributed by atoms with E-state index in [9.17, 15) is 24.5 Å². The van der Waals surface area contributed by atoms with Crippen LogP contribution in [0.25, 0.3) is 12.2 Å². The van der Waals surface area contributed by atoms with Crippen LogP contribution >= 0.6 is 11.3 Å². The van der Waals surface area contributed by atoms with Gasteiger partial charge in [0.2, 0.25) is 5.91 Å². The molecule has 0 atom stereocenters. The quantitative estimate of drug-likeness (QED) is 0.299. The first-order valence-electron chi connectivity index (χ1n) is 13.2. The number of hydrogen-bond donors (Lipinski definition) is 0. The number of benzene rings is 1. The molecule has 1 aromatic heterocycles. The average molecular weight is 543 g/mol. The van der Waals surface area contributed by atoms with Gasteiger partial charge in [0, 0.05) is 32.2 Å². The second-order valence-electron chi connectivity index (χ2n) is 9.85. The molecule has 2 aromatic rings. The van der Waals surface area contributed by atoms with Gasteiger partial charge < -0.3 is 14.5 Å². The fourth-order valence-corrected chi connectivity index (χ4v) is 5.93. The van der Waals surface area contributed by atoms with Gasteiger partial charge in [-0.25, -0.2) is 4.79 Å². The Morgan fingerprint density at radius 1 is 1.16 bits per heavy atom. The number of esters is 1. The number of rotatable bonds is 7. The smallest absolute Gasteiger partial charge is 0.333 e. The Morgan fingerprint density at radius 3 is 2.53 bits per heavy atom. The van der Waals surface area contributed by atoms with Crippen molar-refractivity contribution >= 4 is 46.7 Å². The molecule has 204 valence electrons. The summed E-state index contributed by atoms with van der Waals surface area (Å²) in [4.78, 5) is 53.9. The zero-order chi connectivity index (χ0) is 27.2. The predicted molar refractivity (Wildman–Crippen MR) is 147 cm³/mol. The van der Waals surface area contributed by atoms with E-state index >= 15 is 0 Å². The number of ether oxygens (including phenoxy) is 1. The van der Waals surface area contributed by atoms with Gasteiger partial charge in [-0.1, -0.05) is 13.0 Å². The first kappa shape index (κ1) is 27.6. The van der Waals surface area contributed by atoms with Gasteiger partial charge >= 0.3 is 5.97 Å². The van der Waals surface area contributed by atoms with Gasteiger partial charge in [-0.2, -0.15) is 0 Å². The number of thiazole rings is 1. The molecule has 0 spiro atoms. The van der Waals surface area contributed by atoms with Crippen LogP contribution in [-0.4, -0.2) is 59.1 Å². The molecule has 1 aromatic carbocycles. The van der Waals surface area contributed by atoms with E-state index in [1.54, 1.807) is 30.0 Å². The average Bonchev–Trinajstić information content (AvgIpc) is 3.18. The summed E-state index contributed by atoms with van der Waals surface area (Å²) < 4.78 is 6.90. The van der Waals surface area contributed by atoms with E-state index in [4.69, 9.17) is 4.74 Å². The molecular formula is C27H34N4O6S. The Morgan fingerprint density at radius 2 is 1.87 bits per heavy atom. The maximum absolute atomic E-state index is 13.4. The summed E-state index contributed by atoms with van der Waals surface area (Å²) in [7, 11) is 0. The van der Waals surface area contributed by atoms with Crippen molar-refractivity contribution in [3.63, 3.8) is 0 Å². The van der Waals surface area contributed by atoms with Crippen LogP contribution in [0.3, 0.4) is 0 Å². The van der Waals surface area contributed by atoms with Crippen LogP contribution < -0.4 is 19.7 Å². The molecule has 10 nitrogen and oxygen atoms in total. The first-order valence-corrected chi connectivity index (χ1v) is 14.0. The minimum Gasteiger partial charge on any atom is -0.463 e. The highest BCUT2D eigenvalue weighted by atomic mass is 32.1. The molecule has 2 saturated heterocycles. The summed E-state index contributed by atoms with van der Waals surface area (Å²) in [5.41, 5.74) is 0.646. The third kappa shape index (κ3) is 6.50. The lowest BCUT2D eigenvalue weighted by molar-refractivity contribution is -0.384. The molecule has 0 unspecified atom stereocenters.